The standard InChI is InChI=1S/C10H17N3OS/c1-8(3-4-11)10(14)13(2)5-9-6-15-7-12-9/h6-8H,3-5,11H2,1-2H3. The van der Waals surface area contributed by atoms with Crippen molar-refractivity contribution in [1.82, 2.24) is 9.88 Å². The fourth-order valence-electron chi connectivity index (χ4n) is 1.39. The number of hydrogen-bond donors (Lipinski definition) is 1. The van der Waals surface area contributed by atoms with Gasteiger partial charge >= 0.3 is 0 Å². The minimum absolute atomic E-state index is 0.00126. The molecule has 1 aromatic heterocycles. The molecule has 0 aliphatic carbocycles. The van der Waals surface area contributed by atoms with E-state index in [1.165, 1.54) is 0 Å². The van der Waals surface area contributed by atoms with Crippen molar-refractivity contribution in [1.29, 1.82) is 0 Å². The molecule has 0 fully saturated rings. The molecule has 0 saturated carbocycles. The predicted molar refractivity (Wildman–Crippen MR) is 61.4 cm³/mol. The molecule has 0 aromatic carbocycles. The van der Waals surface area contributed by atoms with Crippen LogP contribution in [-0.2, 0) is 11.3 Å². The third-order valence-corrected chi connectivity index (χ3v) is 2.92. The lowest BCUT2D eigenvalue weighted by Crippen LogP contribution is -2.32. The first-order valence-corrected chi connectivity index (χ1v) is 5.91. The van der Waals surface area contributed by atoms with Crippen LogP contribution in [0.2, 0.25) is 0 Å². The first-order chi connectivity index (χ1) is 7.15. The molecule has 15 heavy (non-hydrogen) atoms. The van der Waals surface area contributed by atoms with Crippen molar-refractivity contribution in [2.45, 2.75) is 19.9 Å². The van der Waals surface area contributed by atoms with E-state index in [2.05, 4.69) is 4.98 Å². The molecule has 1 heterocycles. The third kappa shape index (κ3) is 3.60. The van der Waals surface area contributed by atoms with Gasteiger partial charge < -0.3 is 10.6 Å². The zero-order chi connectivity index (χ0) is 11.3. The van der Waals surface area contributed by atoms with Gasteiger partial charge in [0.05, 0.1) is 17.7 Å². The maximum atomic E-state index is 11.8. The number of carbonyl (C=O) groups excluding carboxylic acids is 1. The van der Waals surface area contributed by atoms with E-state index in [1.54, 1.807) is 28.8 Å². The second-order valence-electron chi connectivity index (χ2n) is 3.65. The van der Waals surface area contributed by atoms with E-state index in [0.717, 1.165) is 12.1 Å². The van der Waals surface area contributed by atoms with Crippen LogP contribution in [0.3, 0.4) is 0 Å². The number of rotatable bonds is 5. The van der Waals surface area contributed by atoms with Gasteiger partial charge in [-0.05, 0) is 13.0 Å². The number of amides is 1. The van der Waals surface area contributed by atoms with Gasteiger partial charge in [-0.1, -0.05) is 6.92 Å². The van der Waals surface area contributed by atoms with Gasteiger partial charge in [-0.25, -0.2) is 4.98 Å². The van der Waals surface area contributed by atoms with Gasteiger partial charge in [0, 0.05) is 18.3 Å². The van der Waals surface area contributed by atoms with Crippen molar-refractivity contribution in [3.05, 3.63) is 16.6 Å². The van der Waals surface area contributed by atoms with E-state index in [-0.39, 0.29) is 11.8 Å². The molecule has 0 bridgehead atoms. The fraction of sp³-hybridized carbons (Fsp3) is 0.600. The highest BCUT2D eigenvalue weighted by atomic mass is 32.1. The Kier molecular flexibility index (Phi) is 4.71. The van der Waals surface area contributed by atoms with Gasteiger partial charge in [0.15, 0.2) is 0 Å². The number of aromatic nitrogens is 1. The molecule has 0 aliphatic heterocycles. The Morgan fingerprint density at radius 2 is 2.47 bits per heavy atom. The summed E-state index contributed by atoms with van der Waals surface area (Å²) in [6.07, 6.45) is 0.736. The molecule has 4 nitrogen and oxygen atoms in total. The Balaban J connectivity index is 2.46. The molecule has 0 spiro atoms. The molecule has 1 unspecified atom stereocenters. The molecular weight excluding hydrogens is 210 g/mol. The van der Waals surface area contributed by atoms with Crippen LogP contribution in [0.1, 0.15) is 19.0 Å². The van der Waals surface area contributed by atoms with E-state index in [9.17, 15) is 4.79 Å². The zero-order valence-electron chi connectivity index (χ0n) is 9.14. The van der Waals surface area contributed by atoms with Crippen molar-refractivity contribution >= 4 is 17.2 Å². The van der Waals surface area contributed by atoms with E-state index in [0.29, 0.717) is 13.1 Å². The number of nitrogens with zero attached hydrogens (tertiary/aromatic N) is 2. The van der Waals surface area contributed by atoms with Crippen molar-refractivity contribution < 1.29 is 4.79 Å². The average Bonchev–Trinajstić information content (AvgIpc) is 2.69. The van der Waals surface area contributed by atoms with E-state index < -0.39 is 0 Å². The van der Waals surface area contributed by atoms with Crippen LogP contribution in [0.4, 0.5) is 0 Å². The summed E-state index contributed by atoms with van der Waals surface area (Å²) in [5, 5.41) is 1.96. The SMILES string of the molecule is CC(CCN)C(=O)N(C)Cc1cscn1. The minimum atomic E-state index is -0.00126. The summed E-state index contributed by atoms with van der Waals surface area (Å²) in [6.45, 7) is 3.04. The van der Waals surface area contributed by atoms with Crippen LogP contribution in [0.5, 0.6) is 0 Å². The maximum absolute atomic E-state index is 11.8. The molecule has 1 amide bonds. The number of thiazole rings is 1. The number of nitrogens with two attached hydrogens (primary N) is 1. The second kappa shape index (κ2) is 5.82. The van der Waals surface area contributed by atoms with Gasteiger partial charge in [-0.3, -0.25) is 4.79 Å². The highest BCUT2D eigenvalue weighted by Crippen LogP contribution is 2.09. The van der Waals surface area contributed by atoms with Crippen LogP contribution in [0, 0.1) is 5.92 Å². The molecule has 1 aromatic rings. The van der Waals surface area contributed by atoms with E-state index >= 15 is 0 Å². The Hall–Kier alpha value is -0.940. The largest absolute Gasteiger partial charge is 0.340 e. The Morgan fingerprint density at radius 1 is 1.73 bits per heavy atom. The van der Waals surface area contributed by atoms with Crippen LogP contribution >= 0.6 is 11.3 Å². The molecule has 0 saturated heterocycles. The first kappa shape index (κ1) is 12.1. The highest BCUT2D eigenvalue weighted by molar-refractivity contribution is 7.07. The van der Waals surface area contributed by atoms with Crippen molar-refractivity contribution in [3.8, 4) is 0 Å². The molecule has 2 N–H and O–H groups in total. The second-order valence-corrected chi connectivity index (χ2v) is 4.37. The van der Waals surface area contributed by atoms with Gasteiger partial charge in [0.1, 0.15) is 0 Å². The van der Waals surface area contributed by atoms with Crippen LogP contribution in [0.15, 0.2) is 10.9 Å². The summed E-state index contributed by atoms with van der Waals surface area (Å²) in [4.78, 5) is 17.7. The van der Waals surface area contributed by atoms with Crippen molar-refractivity contribution in [2.24, 2.45) is 11.7 Å². The average molecular weight is 227 g/mol. The molecular formula is C10H17N3OS. The van der Waals surface area contributed by atoms with Crippen molar-refractivity contribution in [2.75, 3.05) is 13.6 Å². The Morgan fingerprint density at radius 3 is 3.00 bits per heavy atom. The van der Waals surface area contributed by atoms with Gasteiger partial charge in [0.25, 0.3) is 0 Å². The van der Waals surface area contributed by atoms with Gasteiger partial charge in [-0.2, -0.15) is 0 Å². The normalized spacial score (nSPS) is 12.5. The first-order valence-electron chi connectivity index (χ1n) is 4.97. The highest BCUT2D eigenvalue weighted by Gasteiger charge is 2.16. The van der Waals surface area contributed by atoms with Crippen LogP contribution in [0.25, 0.3) is 0 Å². The maximum Gasteiger partial charge on any atom is 0.225 e. The lowest BCUT2D eigenvalue weighted by molar-refractivity contribution is -0.134. The third-order valence-electron chi connectivity index (χ3n) is 2.28. The summed E-state index contributed by atoms with van der Waals surface area (Å²) in [6, 6.07) is 0. The number of carbonyl (C=O) groups is 1. The van der Waals surface area contributed by atoms with E-state index in [1.807, 2.05) is 12.3 Å². The van der Waals surface area contributed by atoms with Crippen LogP contribution < -0.4 is 5.73 Å². The smallest absolute Gasteiger partial charge is 0.225 e. The molecule has 1 rings (SSSR count). The van der Waals surface area contributed by atoms with Crippen molar-refractivity contribution in [3.63, 3.8) is 0 Å². The van der Waals surface area contributed by atoms with Gasteiger partial charge in [-0.15, -0.1) is 11.3 Å². The molecule has 0 radical (unpaired) electrons. The van der Waals surface area contributed by atoms with Crippen LogP contribution in [-0.4, -0.2) is 29.4 Å². The lowest BCUT2D eigenvalue weighted by Gasteiger charge is -2.20. The van der Waals surface area contributed by atoms with E-state index in [4.69, 9.17) is 5.73 Å². The number of hydrogen-bond acceptors (Lipinski definition) is 4. The molecule has 0 aliphatic rings. The molecule has 84 valence electrons. The summed E-state index contributed by atoms with van der Waals surface area (Å²) in [5.74, 6) is 0.132. The zero-order valence-corrected chi connectivity index (χ0v) is 9.96. The Bertz CT molecular complexity index is 300. The monoisotopic (exact) mass is 227 g/mol. The summed E-state index contributed by atoms with van der Waals surface area (Å²) in [7, 11) is 1.80. The van der Waals surface area contributed by atoms with Gasteiger partial charge in [0.2, 0.25) is 5.91 Å². The summed E-state index contributed by atoms with van der Waals surface area (Å²) < 4.78 is 0. The summed E-state index contributed by atoms with van der Waals surface area (Å²) >= 11 is 1.54. The summed E-state index contributed by atoms with van der Waals surface area (Å²) in [5.41, 5.74) is 8.14. The predicted octanol–water partition coefficient (Wildman–Crippen LogP) is 1.09. The topological polar surface area (TPSA) is 59.2 Å². The molecule has 5 heteroatoms. The fourth-order valence-corrected chi connectivity index (χ4v) is 1.94. The lowest BCUT2D eigenvalue weighted by atomic mass is 10.1. The minimum Gasteiger partial charge on any atom is -0.340 e. The molecule has 1 atom stereocenters. The quantitative estimate of drug-likeness (QED) is 0.819. The Labute approximate surface area is 94.1 Å².